The molecule has 0 spiro atoms. The molecule has 0 aromatic heterocycles. The van der Waals surface area contributed by atoms with Gasteiger partial charge in [-0.25, -0.2) is 8.42 Å². The summed E-state index contributed by atoms with van der Waals surface area (Å²) in [6, 6.07) is 3.53. The zero-order valence-electron chi connectivity index (χ0n) is 12.9. The second-order valence-corrected chi connectivity index (χ2v) is 6.85. The Balaban J connectivity index is 2.37. The molecule has 128 valence electrons. The zero-order valence-corrected chi connectivity index (χ0v) is 13.7. The van der Waals surface area contributed by atoms with Crippen molar-refractivity contribution in [2.24, 2.45) is 0 Å². The second kappa shape index (κ2) is 7.16. The SMILES string of the molecule is COc1ccc(S(=O)(=O)N2CCOC[C@@H]2CC(=O)O)cc1OC. The molecule has 9 heteroatoms. The molecule has 2 rings (SSSR count). The zero-order chi connectivity index (χ0) is 17.0. The molecule has 1 N–H and O–H groups in total. The summed E-state index contributed by atoms with van der Waals surface area (Å²) < 4.78 is 42.3. The van der Waals surface area contributed by atoms with Crippen LogP contribution in [0.15, 0.2) is 23.1 Å². The van der Waals surface area contributed by atoms with Crippen LogP contribution in [0.5, 0.6) is 11.5 Å². The Labute approximate surface area is 134 Å². The third kappa shape index (κ3) is 3.74. The highest BCUT2D eigenvalue weighted by Gasteiger charge is 2.35. The summed E-state index contributed by atoms with van der Waals surface area (Å²) in [6.07, 6.45) is -0.313. The summed E-state index contributed by atoms with van der Waals surface area (Å²) in [7, 11) is -0.992. The van der Waals surface area contributed by atoms with Crippen molar-refractivity contribution in [3.8, 4) is 11.5 Å². The molecular weight excluding hydrogens is 326 g/mol. The first-order valence-corrected chi connectivity index (χ1v) is 8.37. The number of carboxylic acids is 1. The minimum absolute atomic E-state index is 0.0208. The van der Waals surface area contributed by atoms with E-state index >= 15 is 0 Å². The Kier molecular flexibility index (Phi) is 5.45. The van der Waals surface area contributed by atoms with Crippen LogP contribution < -0.4 is 9.47 Å². The van der Waals surface area contributed by atoms with Crippen molar-refractivity contribution in [3.63, 3.8) is 0 Å². The maximum atomic E-state index is 12.8. The van der Waals surface area contributed by atoms with Crippen LogP contribution in [-0.4, -0.2) is 63.8 Å². The van der Waals surface area contributed by atoms with Gasteiger partial charge in [-0.1, -0.05) is 0 Å². The van der Waals surface area contributed by atoms with Crippen molar-refractivity contribution in [2.45, 2.75) is 17.4 Å². The van der Waals surface area contributed by atoms with Crippen LogP contribution in [0.4, 0.5) is 0 Å². The summed E-state index contributed by atoms with van der Waals surface area (Å²) in [5.41, 5.74) is 0. The first kappa shape index (κ1) is 17.5. The van der Waals surface area contributed by atoms with Gasteiger partial charge in [0.1, 0.15) is 0 Å². The van der Waals surface area contributed by atoms with E-state index < -0.39 is 22.0 Å². The lowest BCUT2D eigenvalue weighted by Crippen LogP contribution is -2.49. The third-order valence-corrected chi connectivity index (χ3v) is 5.49. The molecule has 0 saturated carbocycles. The quantitative estimate of drug-likeness (QED) is 0.804. The largest absolute Gasteiger partial charge is 0.493 e. The van der Waals surface area contributed by atoms with Crippen LogP contribution in [0.1, 0.15) is 6.42 Å². The van der Waals surface area contributed by atoms with Gasteiger partial charge in [0.15, 0.2) is 11.5 Å². The number of morpholine rings is 1. The number of nitrogens with zero attached hydrogens (tertiary/aromatic N) is 1. The van der Waals surface area contributed by atoms with Gasteiger partial charge in [-0.15, -0.1) is 0 Å². The molecule has 0 aliphatic carbocycles. The van der Waals surface area contributed by atoms with Crippen molar-refractivity contribution >= 4 is 16.0 Å². The molecule has 0 radical (unpaired) electrons. The van der Waals surface area contributed by atoms with Crippen LogP contribution in [0, 0.1) is 0 Å². The molecule has 23 heavy (non-hydrogen) atoms. The molecule has 1 saturated heterocycles. The average molecular weight is 345 g/mol. The highest BCUT2D eigenvalue weighted by molar-refractivity contribution is 7.89. The number of aliphatic carboxylic acids is 1. The molecule has 1 aromatic rings. The van der Waals surface area contributed by atoms with Gasteiger partial charge in [-0.05, 0) is 12.1 Å². The van der Waals surface area contributed by atoms with Crippen LogP contribution >= 0.6 is 0 Å². The number of benzene rings is 1. The van der Waals surface area contributed by atoms with Crippen molar-refractivity contribution in [1.29, 1.82) is 0 Å². The first-order valence-electron chi connectivity index (χ1n) is 6.93. The van der Waals surface area contributed by atoms with E-state index in [9.17, 15) is 13.2 Å². The predicted octanol–water partition coefficient (Wildman–Crippen LogP) is 0.568. The van der Waals surface area contributed by atoms with Crippen molar-refractivity contribution < 1.29 is 32.5 Å². The molecule has 1 heterocycles. The van der Waals surface area contributed by atoms with Crippen molar-refractivity contribution in [1.82, 2.24) is 4.31 Å². The number of ether oxygens (including phenoxy) is 3. The third-order valence-electron chi connectivity index (χ3n) is 3.55. The summed E-state index contributed by atoms with van der Waals surface area (Å²) >= 11 is 0. The highest BCUT2D eigenvalue weighted by Crippen LogP contribution is 2.31. The van der Waals surface area contributed by atoms with Gasteiger partial charge < -0.3 is 19.3 Å². The number of hydrogen-bond acceptors (Lipinski definition) is 6. The smallest absolute Gasteiger partial charge is 0.305 e. The van der Waals surface area contributed by atoms with E-state index in [4.69, 9.17) is 19.3 Å². The van der Waals surface area contributed by atoms with E-state index in [1.54, 1.807) is 0 Å². The van der Waals surface area contributed by atoms with E-state index in [0.717, 1.165) is 0 Å². The van der Waals surface area contributed by atoms with E-state index in [2.05, 4.69) is 0 Å². The van der Waals surface area contributed by atoms with E-state index in [0.29, 0.717) is 5.75 Å². The Morgan fingerprint density at radius 3 is 2.65 bits per heavy atom. The molecule has 1 aliphatic rings. The maximum absolute atomic E-state index is 12.8. The monoisotopic (exact) mass is 345 g/mol. The van der Waals surface area contributed by atoms with Gasteiger partial charge in [0.05, 0.1) is 44.8 Å². The minimum Gasteiger partial charge on any atom is -0.493 e. The summed E-state index contributed by atoms with van der Waals surface area (Å²) in [6.45, 7) is 0.385. The van der Waals surface area contributed by atoms with Crippen LogP contribution in [0.3, 0.4) is 0 Å². The summed E-state index contributed by atoms with van der Waals surface area (Å²) in [5, 5.41) is 8.96. The molecular formula is C14H19NO7S. The molecule has 1 aliphatic heterocycles. The number of carboxylic acid groups (broad SMARTS) is 1. The topological polar surface area (TPSA) is 102 Å². The fraction of sp³-hybridized carbons (Fsp3) is 0.500. The Hall–Kier alpha value is -1.84. The summed E-state index contributed by atoms with van der Waals surface area (Å²) in [4.78, 5) is 11.0. The first-order chi connectivity index (χ1) is 10.9. The van der Waals surface area contributed by atoms with E-state index in [1.807, 2.05) is 0 Å². The lowest BCUT2D eigenvalue weighted by molar-refractivity contribution is -0.139. The highest BCUT2D eigenvalue weighted by atomic mass is 32.2. The fourth-order valence-corrected chi connectivity index (χ4v) is 4.04. The van der Waals surface area contributed by atoms with Crippen LogP contribution in [-0.2, 0) is 19.6 Å². The molecule has 1 aromatic carbocycles. The number of hydrogen-bond donors (Lipinski definition) is 1. The van der Waals surface area contributed by atoms with Crippen LogP contribution in [0.2, 0.25) is 0 Å². The molecule has 0 bridgehead atoms. The van der Waals surface area contributed by atoms with Gasteiger partial charge in [0, 0.05) is 12.6 Å². The van der Waals surface area contributed by atoms with Gasteiger partial charge in [-0.2, -0.15) is 4.31 Å². The predicted molar refractivity (Wildman–Crippen MR) is 80.3 cm³/mol. The van der Waals surface area contributed by atoms with Gasteiger partial charge in [-0.3, -0.25) is 4.79 Å². The molecule has 8 nitrogen and oxygen atoms in total. The minimum atomic E-state index is -3.86. The van der Waals surface area contributed by atoms with E-state index in [-0.39, 0.29) is 36.8 Å². The molecule has 1 atom stereocenters. The fourth-order valence-electron chi connectivity index (χ4n) is 2.43. The number of carbonyl (C=O) groups is 1. The number of methoxy groups -OCH3 is 2. The van der Waals surface area contributed by atoms with Gasteiger partial charge in [0.25, 0.3) is 0 Å². The lowest BCUT2D eigenvalue weighted by atomic mass is 10.2. The standard InChI is InChI=1S/C14H19NO7S/c1-20-12-4-3-11(8-13(12)21-2)23(18,19)15-5-6-22-9-10(15)7-14(16)17/h3-4,8,10H,5-7,9H2,1-2H3,(H,16,17)/t10-/m0/s1. The number of rotatable bonds is 6. The Bertz CT molecular complexity index is 674. The van der Waals surface area contributed by atoms with Gasteiger partial charge >= 0.3 is 5.97 Å². The normalized spacial score (nSPS) is 19.3. The average Bonchev–Trinajstić information content (AvgIpc) is 2.53. The lowest BCUT2D eigenvalue weighted by Gasteiger charge is -2.33. The van der Waals surface area contributed by atoms with Crippen LogP contribution in [0.25, 0.3) is 0 Å². The molecule has 0 amide bonds. The molecule has 1 fully saturated rings. The summed E-state index contributed by atoms with van der Waals surface area (Å²) in [5.74, 6) is -0.375. The van der Waals surface area contributed by atoms with Crippen molar-refractivity contribution in [3.05, 3.63) is 18.2 Å². The Morgan fingerprint density at radius 2 is 2.04 bits per heavy atom. The maximum Gasteiger partial charge on any atom is 0.305 e. The second-order valence-electron chi connectivity index (χ2n) is 4.96. The van der Waals surface area contributed by atoms with Crippen molar-refractivity contribution in [2.75, 3.05) is 34.0 Å². The Morgan fingerprint density at radius 1 is 1.35 bits per heavy atom. The van der Waals surface area contributed by atoms with E-state index in [1.165, 1.54) is 36.7 Å². The molecule has 0 unspecified atom stereocenters. The number of sulfonamides is 1. The van der Waals surface area contributed by atoms with Gasteiger partial charge in [0.2, 0.25) is 10.0 Å².